The third-order valence-corrected chi connectivity index (χ3v) is 4.63. The molecule has 3 nitrogen and oxygen atoms in total. The number of carbonyl (C=O) groups is 1. The van der Waals surface area contributed by atoms with Gasteiger partial charge in [-0.2, -0.15) is 0 Å². The maximum Gasteiger partial charge on any atom is 0.286 e. The van der Waals surface area contributed by atoms with Crippen molar-refractivity contribution in [3.63, 3.8) is 0 Å². The van der Waals surface area contributed by atoms with Crippen LogP contribution in [-0.4, -0.2) is 36.4 Å². The van der Waals surface area contributed by atoms with Gasteiger partial charge in [0.05, 0.1) is 13.2 Å². The van der Waals surface area contributed by atoms with Crippen LogP contribution in [0.5, 0.6) is 0 Å². The van der Waals surface area contributed by atoms with Gasteiger partial charge in [0.2, 0.25) is 0 Å². The Morgan fingerprint density at radius 1 is 0.957 bits per heavy atom. The summed E-state index contributed by atoms with van der Waals surface area (Å²) in [5.74, 6) is 0. The molecule has 1 heterocycles. The van der Waals surface area contributed by atoms with E-state index in [2.05, 4.69) is 6.08 Å². The molecule has 0 aromatic heterocycles. The van der Waals surface area contributed by atoms with Crippen LogP contribution in [0, 0.1) is 0 Å². The summed E-state index contributed by atoms with van der Waals surface area (Å²) in [6.45, 7) is 2.57. The van der Waals surface area contributed by atoms with E-state index in [0.29, 0.717) is 26.3 Å². The molecule has 3 rings (SSSR count). The molecule has 1 aliphatic heterocycles. The fourth-order valence-electron chi connectivity index (χ4n) is 2.38. The molecule has 2 aromatic carbocycles. The Kier molecular flexibility index (Phi) is 5.51. The zero-order chi connectivity index (χ0) is 15.9. The molecular formula is C19H19NO2S. The van der Waals surface area contributed by atoms with Crippen LogP contribution in [0.4, 0.5) is 4.79 Å². The molecule has 0 bridgehead atoms. The Labute approximate surface area is 141 Å². The molecule has 1 fully saturated rings. The molecule has 4 heteroatoms. The van der Waals surface area contributed by atoms with E-state index in [1.54, 1.807) is 0 Å². The van der Waals surface area contributed by atoms with Crippen LogP contribution in [-0.2, 0) is 4.74 Å². The maximum atomic E-state index is 12.6. The fraction of sp³-hybridized carbons (Fsp3) is 0.211. The fourth-order valence-corrected chi connectivity index (χ4v) is 3.33. The van der Waals surface area contributed by atoms with E-state index >= 15 is 0 Å². The van der Waals surface area contributed by atoms with Crippen molar-refractivity contribution in [2.45, 2.75) is 0 Å². The second kappa shape index (κ2) is 7.99. The Balaban J connectivity index is 1.83. The number of nitrogens with zero attached hydrogens (tertiary/aromatic N) is 1. The highest BCUT2D eigenvalue weighted by Crippen LogP contribution is 2.32. The number of ether oxygens (including phenoxy) is 1. The van der Waals surface area contributed by atoms with Crippen molar-refractivity contribution in [1.29, 1.82) is 0 Å². The first kappa shape index (κ1) is 15.8. The summed E-state index contributed by atoms with van der Waals surface area (Å²) in [5, 5.41) is 0.0827. The van der Waals surface area contributed by atoms with E-state index in [1.165, 1.54) is 11.8 Å². The SMILES string of the molecule is O=C(S/C(=C\c1ccccc1)c1ccccc1)N1CCOCC1. The zero-order valence-corrected chi connectivity index (χ0v) is 13.7. The average Bonchev–Trinajstić information content (AvgIpc) is 2.63. The van der Waals surface area contributed by atoms with E-state index in [0.717, 1.165) is 16.0 Å². The van der Waals surface area contributed by atoms with Crippen LogP contribution < -0.4 is 0 Å². The monoisotopic (exact) mass is 325 g/mol. The number of carbonyl (C=O) groups excluding carboxylic acids is 1. The number of benzene rings is 2. The lowest BCUT2D eigenvalue weighted by molar-refractivity contribution is 0.0593. The molecule has 0 radical (unpaired) electrons. The maximum absolute atomic E-state index is 12.6. The smallest absolute Gasteiger partial charge is 0.286 e. The van der Waals surface area contributed by atoms with E-state index in [9.17, 15) is 4.79 Å². The highest BCUT2D eigenvalue weighted by molar-refractivity contribution is 8.21. The van der Waals surface area contributed by atoms with Gasteiger partial charge in [0.1, 0.15) is 0 Å². The minimum absolute atomic E-state index is 0.0827. The molecule has 23 heavy (non-hydrogen) atoms. The number of hydrogen-bond acceptors (Lipinski definition) is 3. The van der Waals surface area contributed by atoms with Crippen LogP contribution in [0.15, 0.2) is 60.7 Å². The van der Waals surface area contributed by atoms with Crippen molar-refractivity contribution < 1.29 is 9.53 Å². The molecule has 1 aliphatic rings. The molecule has 0 unspecified atom stereocenters. The first-order valence-corrected chi connectivity index (χ1v) is 8.51. The molecule has 0 atom stereocenters. The Hall–Kier alpha value is -2.04. The van der Waals surface area contributed by atoms with Crippen LogP contribution in [0.1, 0.15) is 11.1 Å². The van der Waals surface area contributed by atoms with Crippen molar-refractivity contribution in [2.24, 2.45) is 0 Å². The van der Waals surface area contributed by atoms with Crippen molar-refractivity contribution >= 4 is 28.0 Å². The highest BCUT2D eigenvalue weighted by Gasteiger charge is 2.19. The second-order valence-corrected chi connectivity index (χ2v) is 6.25. The predicted molar refractivity (Wildman–Crippen MR) is 96.1 cm³/mol. The van der Waals surface area contributed by atoms with E-state index in [-0.39, 0.29) is 5.24 Å². The van der Waals surface area contributed by atoms with Crippen molar-refractivity contribution in [3.8, 4) is 0 Å². The van der Waals surface area contributed by atoms with Gasteiger partial charge in [-0.3, -0.25) is 4.79 Å². The average molecular weight is 325 g/mol. The number of morpholine rings is 1. The summed E-state index contributed by atoms with van der Waals surface area (Å²) in [6.07, 6.45) is 2.07. The van der Waals surface area contributed by atoms with Gasteiger partial charge in [-0.15, -0.1) is 0 Å². The quantitative estimate of drug-likeness (QED) is 0.785. The first-order chi connectivity index (χ1) is 11.3. The van der Waals surface area contributed by atoms with Crippen molar-refractivity contribution in [2.75, 3.05) is 26.3 Å². The van der Waals surface area contributed by atoms with Gasteiger partial charge < -0.3 is 9.64 Å². The van der Waals surface area contributed by atoms with Gasteiger partial charge in [0, 0.05) is 18.0 Å². The van der Waals surface area contributed by atoms with Crippen LogP contribution in [0.25, 0.3) is 11.0 Å². The second-order valence-electron chi connectivity index (χ2n) is 5.25. The molecule has 1 amide bonds. The van der Waals surface area contributed by atoms with Gasteiger partial charge in [-0.05, 0) is 29.0 Å². The van der Waals surface area contributed by atoms with E-state index < -0.39 is 0 Å². The first-order valence-electron chi connectivity index (χ1n) is 7.69. The van der Waals surface area contributed by atoms with Gasteiger partial charge in [-0.1, -0.05) is 60.7 Å². The summed E-state index contributed by atoms with van der Waals surface area (Å²) in [5.41, 5.74) is 2.15. The van der Waals surface area contributed by atoms with E-state index in [1.807, 2.05) is 65.6 Å². The minimum atomic E-state index is 0.0827. The summed E-state index contributed by atoms with van der Waals surface area (Å²) in [4.78, 5) is 15.4. The van der Waals surface area contributed by atoms with Crippen molar-refractivity contribution in [3.05, 3.63) is 71.8 Å². The molecular weight excluding hydrogens is 306 g/mol. The summed E-state index contributed by atoms with van der Waals surface area (Å²) >= 11 is 1.29. The molecule has 0 N–H and O–H groups in total. The summed E-state index contributed by atoms with van der Waals surface area (Å²) in [6, 6.07) is 20.1. The van der Waals surface area contributed by atoms with Crippen LogP contribution >= 0.6 is 11.8 Å². The molecule has 0 aliphatic carbocycles. The van der Waals surface area contributed by atoms with E-state index in [4.69, 9.17) is 4.74 Å². The highest BCUT2D eigenvalue weighted by atomic mass is 32.2. The van der Waals surface area contributed by atoms with Gasteiger partial charge in [-0.25, -0.2) is 0 Å². The Bertz CT molecular complexity index is 664. The predicted octanol–water partition coefficient (Wildman–Crippen LogP) is 4.37. The molecule has 1 saturated heterocycles. The molecule has 0 saturated carbocycles. The molecule has 2 aromatic rings. The van der Waals surface area contributed by atoms with Crippen LogP contribution in [0.2, 0.25) is 0 Å². The van der Waals surface area contributed by atoms with Crippen molar-refractivity contribution in [1.82, 2.24) is 4.90 Å². The molecule has 118 valence electrons. The lowest BCUT2D eigenvalue weighted by atomic mass is 10.1. The Morgan fingerprint density at radius 3 is 2.22 bits per heavy atom. The summed E-state index contributed by atoms with van der Waals surface area (Å²) in [7, 11) is 0. The lowest BCUT2D eigenvalue weighted by Crippen LogP contribution is -2.38. The number of rotatable bonds is 3. The summed E-state index contributed by atoms with van der Waals surface area (Å²) < 4.78 is 5.32. The zero-order valence-electron chi connectivity index (χ0n) is 12.9. The minimum Gasteiger partial charge on any atom is -0.378 e. The number of amides is 1. The Morgan fingerprint density at radius 2 is 1.57 bits per heavy atom. The third-order valence-electron chi connectivity index (χ3n) is 3.62. The van der Waals surface area contributed by atoms with Gasteiger partial charge in [0.15, 0.2) is 0 Å². The lowest BCUT2D eigenvalue weighted by Gasteiger charge is -2.26. The normalized spacial score (nSPS) is 15.5. The van der Waals surface area contributed by atoms with Gasteiger partial charge in [0.25, 0.3) is 5.24 Å². The topological polar surface area (TPSA) is 29.5 Å². The standard InChI is InChI=1S/C19H19NO2S/c21-19(20-11-13-22-14-12-20)23-18(17-9-5-2-6-10-17)15-16-7-3-1-4-8-16/h1-10,15H,11-14H2/b18-15-. The molecule has 0 spiro atoms. The number of hydrogen-bond donors (Lipinski definition) is 0. The largest absolute Gasteiger partial charge is 0.378 e. The van der Waals surface area contributed by atoms with Crippen LogP contribution in [0.3, 0.4) is 0 Å². The van der Waals surface area contributed by atoms with Gasteiger partial charge >= 0.3 is 0 Å². The third kappa shape index (κ3) is 4.47. The number of thioether (sulfide) groups is 1.